The number of carbonyl (C=O) groups is 1. The first-order chi connectivity index (χ1) is 12.2. The van der Waals surface area contributed by atoms with Gasteiger partial charge in [-0.15, -0.1) is 0 Å². The van der Waals surface area contributed by atoms with E-state index in [2.05, 4.69) is 20.0 Å². The van der Waals surface area contributed by atoms with Crippen LogP contribution in [0.4, 0.5) is 17.5 Å². The largest absolute Gasteiger partial charge is 0.469 e. The summed E-state index contributed by atoms with van der Waals surface area (Å²) >= 11 is 0. The van der Waals surface area contributed by atoms with E-state index in [1.807, 2.05) is 0 Å². The molecule has 0 radical (unpaired) electrons. The minimum atomic E-state index is -4.15. The van der Waals surface area contributed by atoms with Crippen LogP contribution in [0.25, 0.3) is 0 Å². The average Bonchev–Trinajstić information content (AvgIpc) is 2.96. The van der Waals surface area contributed by atoms with Gasteiger partial charge >= 0.3 is 13.6 Å². The van der Waals surface area contributed by atoms with Crippen LogP contribution < -0.4 is 21.5 Å². The van der Waals surface area contributed by atoms with Crippen LogP contribution >= 0.6 is 7.60 Å². The molecule has 13 heteroatoms. The van der Waals surface area contributed by atoms with Crippen LogP contribution in [0, 0.1) is 0 Å². The van der Waals surface area contributed by atoms with E-state index in [4.69, 9.17) is 15.5 Å². The Balaban J connectivity index is 1.99. The lowest BCUT2D eigenvalue weighted by Gasteiger charge is -2.25. The molecule has 0 aliphatic carbocycles. The van der Waals surface area contributed by atoms with Crippen LogP contribution in [0.5, 0.6) is 0 Å². The Labute approximate surface area is 149 Å². The van der Waals surface area contributed by atoms with Crippen molar-refractivity contribution >= 4 is 31.0 Å². The van der Waals surface area contributed by atoms with Gasteiger partial charge in [0.2, 0.25) is 5.95 Å². The van der Waals surface area contributed by atoms with Crippen molar-refractivity contribution in [1.29, 1.82) is 0 Å². The highest BCUT2D eigenvalue weighted by molar-refractivity contribution is 7.51. The third-order valence-electron chi connectivity index (χ3n) is 3.92. The Hall–Kier alpha value is -2.14. The van der Waals surface area contributed by atoms with Gasteiger partial charge in [0.1, 0.15) is 5.69 Å². The molecule has 0 unspecified atom stereocenters. The Bertz CT molecular complexity index is 749. The molecule has 0 amide bonds. The summed E-state index contributed by atoms with van der Waals surface area (Å²) in [6.07, 6.45) is -0.203. The maximum absolute atomic E-state index is 11.8. The standard InChI is InChI=1S/C13H23N6O6P/c1-25-9(20)2-3-18(6-7-26(22,23)24)4-5-19-8-15-10-11(19)16-13(14)17-12(10)21/h15H,2-8H2,1H3,(H2,22,23,24)(H3,14,16,17,21). The van der Waals surface area contributed by atoms with Crippen molar-refractivity contribution in [2.24, 2.45) is 0 Å². The number of nitrogens with zero attached hydrogens (tertiary/aromatic N) is 3. The van der Waals surface area contributed by atoms with E-state index >= 15 is 0 Å². The smallest absolute Gasteiger partial charge is 0.326 e. The molecule has 12 nitrogen and oxygen atoms in total. The fourth-order valence-corrected chi connectivity index (χ4v) is 3.06. The third-order valence-corrected chi connectivity index (χ3v) is 4.70. The molecule has 1 aromatic rings. The van der Waals surface area contributed by atoms with Gasteiger partial charge in [0, 0.05) is 26.2 Å². The molecule has 1 aromatic heterocycles. The highest BCUT2D eigenvalue weighted by atomic mass is 31.2. The summed E-state index contributed by atoms with van der Waals surface area (Å²) in [5, 5.41) is 2.93. The molecule has 0 bridgehead atoms. The minimum absolute atomic E-state index is 0.00602. The first-order valence-corrected chi connectivity index (χ1v) is 9.71. The van der Waals surface area contributed by atoms with E-state index in [9.17, 15) is 14.2 Å². The fraction of sp³-hybridized carbons (Fsp3) is 0.615. The van der Waals surface area contributed by atoms with Crippen molar-refractivity contribution in [1.82, 2.24) is 14.9 Å². The fourth-order valence-electron chi connectivity index (χ4n) is 2.52. The number of methoxy groups -OCH3 is 1. The lowest BCUT2D eigenvalue weighted by molar-refractivity contribution is -0.140. The van der Waals surface area contributed by atoms with E-state index in [0.29, 0.717) is 37.8 Å². The number of fused-ring (bicyclic) bond motifs is 1. The molecule has 0 saturated heterocycles. The van der Waals surface area contributed by atoms with Gasteiger partial charge in [0.25, 0.3) is 5.56 Å². The molecule has 0 saturated carbocycles. The minimum Gasteiger partial charge on any atom is -0.469 e. The van der Waals surface area contributed by atoms with Crippen molar-refractivity contribution in [3.63, 3.8) is 0 Å². The van der Waals surface area contributed by atoms with E-state index in [1.54, 1.807) is 9.80 Å². The van der Waals surface area contributed by atoms with Crippen LogP contribution in [0.1, 0.15) is 6.42 Å². The summed E-state index contributed by atoms with van der Waals surface area (Å²) in [6, 6.07) is 0. The molecule has 26 heavy (non-hydrogen) atoms. The first kappa shape index (κ1) is 20.2. The van der Waals surface area contributed by atoms with Gasteiger partial charge in [-0.25, -0.2) is 0 Å². The number of nitrogens with two attached hydrogens (primary N) is 1. The van der Waals surface area contributed by atoms with Crippen molar-refractivity contribution < 1.29 is 23.9 Å². The van der Waals surface area contributed by atoms with Crippen LogP contribution in [-0.2, 0) is 14.1 Å². The van der Waals surface area contributed by atoms with Gasteiger partial charge in [-0.2, -0.15) is 4.98 Å². The molecule has 0 spiro atoms. The van der Waals surface area contributed by atoms with Gasteiger partial charge in [-0.3, -0.25) is 19.1 Å². The highest BCUT2D eigenvalue weighted by Gasteiger charge is 2.24. The zero-order valence-corrected chi connectivity index (χ0v) is 15.2. The molecule has 0 aromatic carbocycles. The van der Waals surface area contributed by atoms with E-state index in [0.717, 1.165) is 0 Å². The second kappa shape index (κ2) is 8.49. The summed E-state index contributed by atoms with van der Waals surface area (Å²) in [5.74, 6) is 0.0287. The second-order valence-corrected chi connectivity index (χ2v) is 7.58. The van der Waals surface area contributed by atoms with Crippen molar-refractivity contribution in [3.8, 4) is 0 Å². The number of ether oxygens (including phenoxy) is 1. The number of aromatic nitrogens is 2. The van der Waals surface area contributed by atoms with Crippen molar-refractivity contribution in [2.45, 2.75) is 6.42 Å². The number of anilines is 3. The van der Waals surface area contributed by atoms with E-state index in [-0.39, 0.29) is 30.6 Å². The summed E-state index contributed by atoms with van der Waals surface area (Å²) in [6.45, 7) is 1.62. The zero-order valence-electron chi connectivity index (χ0n) is 14.3. The summed E-state index contributed by atoms with van der Waals surface area (Å²) in [5.41, 5.74) is 5.54. The predicted octanol–water partition coefficient (Wildman–Crippen LogP) is -1.42. The van der Waals surface area contributed by atoms with Gasteiger partial charge in [0.15, 0.2) is 5.82 Å². The van der Waals surface area contributed by atoms with Crippen LogP contribution in [-0.4, -0.2) is 76.7 Å². The number of carbonyl (C=O) groups excluding carboxylic acids is 1. The summed E-state index contributed by atoms with van der Waals surface area (Å²) in [4.78, 5) is 51.4. The van der Waals surface area contributed by atoms with Gasteiger partial charge < -0.3 is 35.4 Å². The van der Waals surface area contributed by atoms with E-state index in [1.165, 1.54) is 7.11 Å². The topological polar surface area (TPSA) is 174 Å². The van der Waals surface area contributed by atoms with Gasteiger partial charge in [0.05, 0.1) is 26.4 Å². The Morgan fingerprint density at radius 1 is 1.42 bits per heavy atom. The monoisotopic (exact) mass is 390 g/mol. The number of nitrogen functional groups attached to an aromatic ring is 1. The van der Waals surface area contributed by atoms with Crippen LogP contribution in [0.3, 0.4) is 0 Å². The predicted molar refractivity (Wildman–Crippen MR) is 95.1 cm³/mol. The SMILES string of the molecule is COC(=O)CCN(CCN1CNc2c1nc(N)[nH]c2=O)CCP(=O)(O)O. The maximum Gasteiger partial charge on any atom is 0.326 e. The normalized spacial score (nSPS) is 13.6. The van der Waals surface area contributed by atoms with Crippen molar-refractivity contribution in [2.75, 3.05) is 62.1 Å². The average molecular weight is 390 g/mol. The number of hydrogen-bond donors (Lipinski definition) is 5. The lowest BCUT2D eigenvalue weighted by Crippen LogP contribution is -2.38. The first-order valence-electron chi connectivity index (χ1n) is 7.92. The lowest BCUT2D eigenvalue weighted by atomic mass is 10.3. The molecule has 2 heterocycles. The molecule has 6 N–H and O–H groups in total. The molecule has 0 atom stereocenters. The van der Waals surface area contributed by atoms with E-state index < -0.39 is 13.6 Å². The summed E-state index contributed by atoms with van der Waals surface area (Å²) < 4.78 is 15.7. The number of nitrogens with one attached hydrogen (secondary N) is 2. The number of aromatic amines is 1. The zero-order chi connectivity index (χ0) is 19.3. The Morgan fingerprint density at radius 2 is 2.15 bits per heavy atom. The van der Waals surface area contributed by atoms with Crippen LogP contribution in [0.15, 0.2) is 4.79 Å². The molecule has 146 valence electrons. The van der Waals surface area contributed by atoms with Gasteiger partial charge in [-0.1, -0.05) is 0 Å². The molecule has 1 aliphatic rings. The van der Waals surface area contributed by atoms with Gasteiger partial charge in [-0.05, 0) is 0 Å². The Kier molecular flexibility index (Phi) is 6.59. The molecular weight excluding hydrogens is 367 g/mol. The van der Waals surface area contributed by atoms with Crippen LogP contribution in [0.2, 0.25) is 0 Å². The van der Waals surface area contributed by atoms with Crippen molar-refractivity contribution in [3.05, 3.63) is 10.4 Å². The number of H-pyrrole nitrogens is 1. The Morgan fingerprint density at radius 3 is 2.81 bits per heavy atom. The number of hydrogen-bond acceptors (Lipinski definition) is 9. The molecule has 0 fully saturated rings. The quantitative estimate of drug-likeness (QED) is 0.247. The third kappa shape index (κ3) is 5.70. The second-order valence-electron chi connectivity index (χ2n) is 5.80. The molecule has 2 rings (SSSR count). The molecular formula is C13H23N6O6P. The number of esters is 1. The summed E-state index contributed by atoms with van der Waals surface area (Å²) in [7, 11) is -2.87. The highest BCUT2D eigenvalue weighted by Crippen LogP contribution is 2.33. The molecule has 1 aliphatic heterocycles. The maximum atomic E-state index is 11.8. The number of rotatable bonds is 9.